The summed E-state index contributed by atoms with van der Waals surface area (Å²) >= 11 is 0. The number of nitrogens with zero attached hydrogens (tertiary/aromatic N) is 4. The highest BCUT2D eigenvalue weighted by atomic mass is 16.5. The van der Waals surface area contributed by atoms with Gasteiger partial charge in [-0.3, -0.25) is 14.3 Å². The summed E-state index contributed by atoms with van der Waals surface area (Å²) in [5.74, 6) is 0.782. The van der Waals surface area contributed by atoms with Crippen molar-refractivity contribution in [3.05, 3.63) is 64.5 Å². The van der Waals surface area contributed by atoms with E-state index in [4.69, 9.17) is 9.72 Å². The average Bonchev–Trinajstić information content (AvgIpc) is 3.06. The van der Waals surface area contributed by atoms with Crippen molar-refractivity contribution in [2.45, 2.75) is 12.6 Å². The van der Waals surface area contributed by atoms with E-state index in [-0.39, 0.29) is 11.6 Å². The molecule has 4 rings (SSSR count). The molecule has 1 aliphatic rings. The lowest BCUT2D eigenvalue weighted by atomic mass is 10.1. The van der Waals surface area contributed by atoms with Crippen molar-refractivity contribution < 1.29 is 4.74 Å². The van der Waals surface area contributed by atoms with Gasteiger partial charge in [0.1, 0.15) is 5.82 Å². The second kappa shape index (κ2) is 6.46. The summed E-state index contributed by atoms with van der Waals surface area (Å²) in [7, 11) is 3.85. The second-order valence-corrected chi connectivity index (χ2v) is 6.51. The molecule has 1 aromatic carbocycles. The summed E-state index contributed by atoms with van der Waals surface area (Å²) in [4.78, 5) is 19.7. The summed E-state index contributed by atoms with van der Waals surface area (Å²) in [5.41, 5.74) is 1.97. The van der Waals surface area contributed by atoms with E-state index < -0.39 is 0 Å². The molecule has 0 radical (unpaired) electrons. The van der Waals surface area contributed by atoms with E-state index in [0.717, 1.165) is 17.9 Å². The minimum atomic E-state index is 0.00396. The fourth-order valence-electron chi connectivity index (χ4n) is 3.51. The highest BCUT2D eigenvalue weighted by Crippen LogP contribution is 2.25. The van der Waals surface area contributed by atoms with Gasteiger partial charge in [0.15, 0.2) is 0 Å². The van der Waals surface area contributed by atoms with Crippen molar-refractivity contribution in [3.8, 4) is 0 Å². The maximum absolute atomic E-state index is 12.6. The minimum Gasteiger partial charge on any atom is -0.378 e. The first kappa shape index (κ1) is 16.1. The Morgan fingerprint density at radius 1 is 1.20 bits per heavy atom. The van der Waals surface area contributed by atoms with Crippen LogP contribution in [0, 0.1) is 0 Å². The normalized spacial score (nSPS) is 18.7. The van der Waals surface area contributed by atoms with Gasteiger partial charge in [-0.15, -0.1) is 0 Å². The molecule has 0 saturated carbocycles. The van der Waals surface area contributed by atoms with Gasteiger partial charge in [-0.2, -0.15) is 0 Å². The molecule has 1 atom stereocenters. The molecule has 0 N–H and O–H groups in total. The largest absolute Gasteiger partial charge is 0.378 e. The summed E-state index contributed by atoms with van der Waals surface area (Å²) in [6, 6.07) is 11.9. The highest BCUT2D eigenvalue weighted by Gasteiger charge is 2.27. The quantitative estimate of drug-likeness (QED) is 0.731. The van der Waals surface area contributed by atoms with E-state index in [1.54, 1.807) is 11.6 Å². The standard InChI is InChI=1S/C19H22N4O2/c1-21-9-5-8-16(21)17-13-25-11-10-23(17)12-18-20-15-7-4-3-6-14(15)19(24)22(18)2/h3-9,17H,10-13H2,1-2H3. The van der Waals surface area contributed by atoms with Crippen LogP contribution >= 0.6 is 0 Å². The highest BCUT2D eigenvalue weighted by molar-refractivity contribution is 5.77. The van der Waals surface area contributed by atoms with Crippen molar-refractivity contribution in [3.63, 3.8) is 0 Å². The molecule has 1 fully saturated rings. The van der Waals surface area contributed by atoms with Gasteiger partial charge in [0.2, 0.25) is 0 Å². The molecular weight excluding hydrogens is 316 g/mol. The Morgan fingerprint density at radius 3 is 2.84 bits per heavy atom. The topological polar surface area (TPSA) is 52.3 Å². The molecule has 2 aromatic heterocycles. The summed E-state index contributed by atoms with van der Waals surface area (Å²) in [6.45, 7) is 2.79. The lowest BCUT2D eigenvalue weighted by Gasteiger charge is -2.35. The molecule has 6 nitrogen and oxygen atoms in total. The van der Waals surface area contributed by atoms with E-state index in [2.05, 4.69) is 15.5 Å². The number of morpholine rings is 1. The monoisotopic (exact) mass is 338 g/mol. The van der Waals surface area contributed by atoms with Crippen LogP contribution in [0.25, 0.3) is 10.9 Å². The van der Waals surface area contributed by atoms with Gasteiger partial charge in [0.25, 0.3) is 5.56 Å². The third-order valence-electron chi connectivity index (χ3n) is 4.98. The first-order valence-electron chi connectivity index (χ1n) is 8.53. The Bertz CT molecular complexity index is 959. The zero-order valence-corrected chi connectivity index (χ0v) is 14.6. The number of para-hydroxylation sites is 1. The number of ether oxygens (including phenoxy) is 1. The summed E-state index contributed by atoms with van der Waals surface area (Å²) < 4.78 is 9.50. The van der Waals surface area contributed by atoms with Crippen molar-refractivity contribution >= 4 is 10.9 Å². The smallest absolute Gasteiger partial charge is 0.261 e. The SMILES string of the molecule is Cn1cccc1C1COCCN1Cc1nc2ccccc2c(=O)n1C. The molecule has 6 heteroatoms. The van der Waals surface area contributed by atoms with E-state index in [1.807, 2.05) is 43.6 Å². The predicted molar refractivity (Wildman–Crippen MR) is 96.4 cm³/mol. The van der Waals surface area contributed by atoms with Gasteiger partial charge in [-0.05, 0) is 24.3 Å². The van der Waals surface area contributed by atoms with E-state index in [1.165, 1.54) is 5.69 Å². The van der Waals surface area contributed by atoms with Gasteiger partial charge in [-0.25, -0.2) is 4.98 Å². The Labute approximate surface area is 146 Å². The van der Waals surface area contributed by atoms with Crippen LogP contribution in [0.5, 0.6) is 0 Å². The second-order valence-electron chi connectivity index (χ2n) is 6.51. The number of benzene rings is 1. The molecule has 1 aliphatic heterocycles. The minimum absolute atomic E-state index is 0.00396. The fourth-order valence-corrected chi connectivity index (χ4v) is 3.51. The first-order valence-corrected chi connectivity index (χ1v) is 8.53. The average molecular weight is 338 g/mol. The molecule has 0 aliphatic carbocycles. The molecule has 1 saturated heterocycles. The van der Waals surface area contributed by atoms with E-state index >= 15 is 0 Å². The lowest BCUT2D eigenvalue weighted by Crippen LogP contribution is -2.41. The van der Waals surface area contributed by atoms with Crippen molar-refractivity contribution in [1.29, 1.82) is 0 Å². The lowest BCUT2D eigenvalue weighted by molar-refractivity contribution is -0.0167. The Hall–Kier alpha value is -2.44. The first-order chi connectivity index (χ1) is 12.1. The van der Waals surface area contributed by atoms with E-state index in [9.17, 15) is 4.79 Å². The number of hydrogen-bond donors (Lipinski definition) is 0. The van der Waals surface area contributed by atoms with Crippen molar-refractivity contribution in [2.24, 2.45) is 14.1 Å². The molecule has 1 unspecified atom stereocenters. The summed E-state index contributed by atoms with van der Waals surface area (Å²) in [6.07, 6.45) is 2.05. The van der Waals surface area contributed by atoms with Crippen LogP contribution in [-0.4, -0.2) is 38.8 Å². The van der Waals surface area contributed by atoms with Crippen LogP contribution in [0.15, 0.2) is 47.4 Å². The van der Waals surface area contributed by atoms with E-state index in [0.29, 0.717) is 25.1 Å². The van der Waals surface area contributed by atoms with Gasteiger partial charge in [-0.1, -0.05) is 12.1 Å². The third kappa shape index (κ3) is 2.88. The molecule has 0 bridgehead atoms. The number of aromatic nitrogens is 3. The zero-order valence-electron chi connectivity index (χ0n) is 14.6. The Kier molecular flexibility index (Phi) is 4.15. The molecule has 0 amide bonds. The number of hydrogen-bond acceptors (Lipinski definition) is 4. The van der Waals surface area contributed by atoms with Crippen molar-refractivity contribution in [1.82, 2.24) is 19.0 Å². The van der Waals surface area contributed by atoms with Crippen LogP contribution in [-0.2, 0) is 25.4 Å². The zero-order chi connectivity index (χ0) is 17.4. The Balaban J connectivity index is 1.71. The molecule has 25 heavy (non-hydrogen) atoms. The Morgan fingerprint density at radius 2 is 2.04 bits per heavy atom. The van der Waals surface area contributed by atoms with Crippen molar-refractivity contribution in [2.75, 3.05) is 19.8 Å². The third-order valence-corrected chi connectivity index (χ3v) is 4.98. The summed E-state index contributed by atoms with van der Waals surface area (Å²) in [5, 5.41) is 0.662. The van der Waals surface area contributed by atoms with Gasteiger partial charge in [0.05, 0.1) is 36.7 Å². The number of aryl methyl sites for hydroxylation is 1. The number of fused-ring (bicyclic) bond motifs is 1. The molecule has 3 heterocycles. The van der Waals surface area contributed by atoms with Gasteiger partial charge < -0.3 is 9.30 Å². The maximum atomic E-state index is 12.6. The molecule has 130 valence electrons. The van der Waals surface area contributed by atoms with Gasteiger partial charge >= 0.3 is 0 Å². The van der Waals surface area contributed by atoms with Crippen LogP contribution in [0.2, 0.25) is 0 Å². The van der Waals surface area contributed by atoms with Crippen LogP contribution < -0.4 is 5.56 Å². The molecular formula is C19H22N4O2. The predicted octanol–water partition coefficient (Wildman–Crippen LogP) is 1.85. The molecule has 0 spiro atoms. The van der Waals surface area contributed by atoms with Crippen LogP contribution in [0.3, 0.4) is 0 Å². The van der Waals surface area contributed by atoms with Crippen LogP contribution in [0.4, 0.5) is 0 Å². The fraction of sp³-hybridized carbons (Fsp3) is 0.368. The maximum Gasteiger partial charge on any atom is 0.261 e. The number of rotatable bonds is 3. The van der Waals surface area contributed by atoms with Gasteiger partial charge in [0, 0.05) is 32.5 Å². The molecule has 3 aromatic rings. The van der Waals surface area contributed by atoms with Crippen LogP contribution in [0.1, 0.15) is 17.6 Å².